The van der Waals surface area contributed by atoms with Crippen LogP contribution in [-0.4, -0.2) is 36.1 Å². The van der Waals surface area contributed by atoms with Gasteiger partial charge in [-0.1, -0.05) is 31.4 Å². The SMILES string of the molecule is CC[C@H](c1nnnn1Cc1ccco1)N(Cc1cc2cc(C)cc(C)c2[nH]c1=O)C1CCCC1. The lowest BCUT2D eigenvalue weighted by molar-refractivity contribution is 0.112. The highest BCUT2D eigenvalue weighted by Crippen LogP contribution is 2.34. The third-order valence-corrected chi connectivity index (χ3v) is 7.05. The van der Waals surface area contributed by atoms with Crippen LogP contribution in [0.2, 0.25) is 0 Å². The number of aryl methyl sites for hydroxylation is 2. The fraction of sp³-hybridized carbons (Fsp3) is 0.462. The fourth-order valence-electron chi connectivity index (χ4n) is 5.45. The molecule has 1 fully saturated rings. The van der Waals surface area contributed by atoms with Gasteiger partial charge in [-0.15, -0.1) is 5.10 Å². The highest BCUT2D eigenvalue weighted by atomic mass is 16.3. The van der Waals surface area contributed by atoms with Crippen molar-refractivity contribution in [2.24, 2.45) is 0 Å². The third kappa shape index (κ3) is 4.42. The van der Waals surface area contributed by atoms with E-state index in [1.807, 2.05) is 23.7 Å². The second kappa shape index (κ2) is 9.54. The lowest BCUT2D eigenvalue weighted by Crippen LogP contribution is -2.39. The number of rotatable bonds is 8. The van der Waals surface area contributed by atoms with E-state index in [0.717, 1.165) is 52.9 Å². The summed E-state index contributed by atoms with van der Waals surface area (Å²) in [6.45, 7) is 7.35. The Kier molecular flexibility index (Phi) is 6.32. The Morgan fingerprint density at radius 3 is 2.79 bits per heavy atom. The zero-order valence-corrected chi connectivity index (χ0v) is 20.1. The molecule has 178 valence electrons. The second-order valence-electron chi connectivity index (χ2n) is 9.48. The predicted molar refractivity (Wildman–Crippen MR) is 131 cm³/mol. The van der Waals surface area contributed by atoms with Gasteiger partial charge in [-0.25, -0.2) is 4.68 Å². The van der Waals surface area contributed by atoms with Gasteiger partial charge >= 0.3 is 0 Å². The van der Waals surface area contributed by atoms with Gasteiger partial charge in [0.1, 0.15) is 12.3 Å². The fourth-order valence-corrected chi connectivity index (χ4v) is 5.45. The minimum atomic E-state index is -0.0209. The third-order valence-electron chi connectivity index (χ3n) is 7.05. The number of benzene rings is 1. The van der Waals surface area contributed by atoms with Crippen LogP contribution in [0.5, 0.6) is 0 Å². The number of furan rings is 1. The molecule has 3 aromatic heterocycles. The summed E-state index contributed by atoms with van der Waals surface area (Å²) < 4.78 is 7.36. The molecule has 0 unspecified atom stereocenters. The van der Waals surface area contributed by atoms with Crippen LogP contribution < -0.4 is 5.56 Å². The molecule has 1 aromatic carbocycles. The molecule has 1 N–H and O–H groups in total. The van der Waals surface area contributed by atoms with E-state index in [4.69, 9.17) is 4.42 Å². The van der Waals surface area contributed by atoms with E-state index < -0.39 is 0 Å². The molecule has 4 aromatic rings. The van der Waals surface area contributed by atoms with Crippen LogP contribution in [0.1, 0.15) is 73.3 Å². The molecule has 0 aliphatic heterocycles. The molecular formula is C26H32N6O2. The minimum Gasteiger partial charge on any atom is -0.467 e. The van der Waals surface area contributed by atoms with Crippen molar-refractivity contribution in [3.8, 4) is 0 Å². The van der Waals surface area contributed by atoms with Crippen molar-refractivity contribution < 1.29 is 4.42 Å². The van der Waals surface area contributed by atoms with Gasteiger partial charge in [-0.2, -0.15) is 0 Å². The van der Waals surface area contributed by atoms with E-state index in [1.54, 1.807) is 6.26 Å². The van der Waals surface area contributed by atoms with Crippen LogP contribution in [0.4, 0.5) is 0 Å². The Morgan fingerprint density at radius 2 is 2.06 bits per heavy atom. The Labute approximate surface area is 199 Å². The summed E-state index contributed by atoms with van der Waals surface area (Å²) in [6, 6.07) is 10.5. The minimum absolute atomic E-state index is 0.00223. The van der Waals surface area contributed by atoms with Gasteiger partial charge in [-0.05, 0) is 78.8 Å². The van der Waals surface area contributed by atoms with Crippen molar-refractivity contribution in [2.75, 3.05) is 0 Å². The van der Waals surface area contributed by atoms with Crippen LogP contribution in [0.15, 0.2) is 45.8 Å². The monoisotopic (exact) mass is 460 g/mol. The summed E-state index contributed by atoms with van der Waals surface area (Å²) in [5.41, 5.74) is 3.97. The van der Waals surface area contributed by atoms with Crippen LogP contribution in [-0.2, 0) is 13.1 Å². The summed E-state index contributed by atoms with van der Waals surface area (Å²) in [5, 5.41) is 13.8. The Balaban J connectivity index is 1.52. The molecule has 1 saturated carbocycles. The number of H-pyrrole nitrogens is 1. The van der Waals surface area contributed by atoms with E-state index in [9.17, 15) is 4.79 Å². The molecule has 34 heavy (non-hydrogen) atoms. The van der Waals surface area contributed by atoms with Gasteiger partial charge in [0.15, 0.2) is 5.82 Å². The van der Waals surface area contributed by atoms with Crippen LogP contribution >= 0.6 is 0 Å². The zero-order valence-electron chi connectivity index (χ0n) is 20.1. The van der Waals surface area contributed by atoms with Gasteiger partial charge in [-0.3, -0.25) is 9.69 Å². The lowest BCUT2D eigenvalue weighted by atomic mass is 10.0. The molecule has 0 amide bonds. The Bertz CT molecular complexity index is 1320. The van der Waals surface area contributed by atoms with E-state index in [-0.39, 0.29) is 11.6 Å². The van der Waals surface area contributed by atoms with Gasteiger partial charge in [0.25, 0.3) is 5.56 Å². The van der Waals surface area contributed by atoms with Crippen molar-refractivity contribution in [1.82, 2.24) is 30.1 Å². The smallest absolute Gasteiger partial charge is 0.252 e. The molecule has 3 heterocycles. The number of hydrogen-bond donors (Lipinski definition) is 1. The summed E-state index contributed by atoms with van der Waals surface area (Å²) in [5.74, 6) is 1.63. The van der Waals surface area contributed by atoms with Crippen molar-refractivity contribution in [3.05, 3.63) is 75.2 Å². The maximum absolute atomic E-state index is 13.2. The largest absolute Gasteiger partial charge is 0.467 e. The quantitative estimate of drug-likeness (QED) is 0.411. The molecule has 0 spiro atoms. The number of nitrogens with zero attached hydrogens (tertiary/aromatic N) is 5. The molecule has 1 aliphatic rings. The zero-order chi connectivity index (χ0) is 23.7. The first-order valence-electron chi connectivity index (χ1n) is 12.2. The summed E-state index contributed by atoms with van der Waals surface area (Å²) >= 11 is 0. The van der Waals surface area contributed by atoms with Gasteiger partial charge in [0, 0.05) is 18.2 Å². The van der Waals surface area contributed by atoms with Crippen molar-refractivity contribution in [3.63, 3.8) is 0 Å². The first-order chi connectivity index (χ1) is 16.5. The Hall–Kier alpha value is -3.26. The molecular weight excluding hydrogens is 428 g/mol. The Morgan fingerprint density at radius 1 is 1.24 bits per heavy atom. The first-order valence-corrected chi connectivity index (χ1v) is 12.2. The van der Waals surface area contributed by atoms with E-state index >= 15 is 0 Å². The predicted octanol–water partition coefficient (Wildman–Crippen LogP) is 4.67. The summed E-state index contributed by atoms with van der Waals surface area (Å²) in [7, 11) is 0. The number of pyridine rings is 1. The van der Waals surface area contributed by atoms with E-state index in [2.05, 4.69) is 57.5 Å². The van der Waals surface area contributed by atoms with Gasteiger partial charge in [0.2, 0.25) is 0 Å². The molecule has 8 nitrogen and oxygen atoms in total. The number of nitrogens with one attached hydrogen (secondary N) is 1. The number of hydrogen-bond acceptors (Lipinski definition) is 6. The summed E-state index contributed by atoms with van der Waals surface area (Å²) in [4.78, 5) is 18.8. The van der Waals surface area contributed by atoms with E-state index in [0.29, 0.717) is 19.1 Å². The van der Waals surface area contributed by atoms with Crippen molar-refractivity contribution in [1.29, 1.82) is 0 Å². The maximum atomic E-state index is 13.2. The van der Waals surface area contributed by atoms with Crippen LogP contribution in [0.3, 0.4) is 0 Å². The molecule has 0 saturated heterocycles. The topological polar surface area (TPSA) is 92.8 Å². The van der Waals surface area contributed by atoms with Crippen molar-refractivity contribution in [2.45, 2.75) is 78.0 Å². The van der Waals surface area contributed by atoms with Crippen molar-refractivity contribution >= 4 is 10.9 Å². The standard InChI is InChI=1S/C26H32N6O2/c1-4-23(25-28-29-30-32(25)16-22-10-7-11-34-22)31(21-8-5-6-9-21)15-20-14-19-13-17(2)12-18(3)24(19)27-26(20)33/h7,10-14,21,23H,4-6,8-9,15-16H2,1-3H3,(H,27,33)/t23-/m1/s1. The number of aromatic nitrogens is 5. The van der Waals surface area contributed by atoms with Gasteiger partial charge < -0.3 is 9.40 Å². The molecule has 5 rings (SSSR count). The molecule has 0 radical (unpaired) electrons. The molecule has 1 atom stereocenters. The van der Waals surface area contributed by atoms with E-state index in [1.165, 1.54) is 18.4 Å². The number of fused-ring (bicyclic) bond motifs is 1. The maximum Gasteiger partial charge on any atom is 0.252 e. The number of tetrazole rings is 1. The highest BCUT2D eigenvalue weighted by molar-refractivity contribution is 5.82. The number of aromatic amines is 1. The summed E-state index contributed by atoms with van der Waals surface area (Å²) in [6.07, 6.45) is 7.18. The second-order valence-corrected chi connectivity index (χ2v) is 9.48. The first kappa shape index (κ1) is 22.5. The average molecular weight is 461 g/mol. The van der Waals surface area contributed by atoms with Gasteiger partial charge in [0.05, 0.1) is 17.8 Å². The lowest BCUT2D eigenvalue weighted by Gasteiger charge is -2.35. The molecule has 0 bridgehead atoms. The normalized spacial score (nSPS) is 15.5. The van der Waals surface area contributed by atoms with Crippen LogP contribution in [0, 0.1) is 13.8 Å². The average Bonchev–Trinajstić information content (AvgIpc) is 3.58. The van der Waals surface area contributed by atoms with Crippen LogP contribution in [0.25, 0.3) is 10.9 Å². The highest BCUT2D eigenvalue weighted by Gasteiger charge is 2.32. The molecule has 1 aliphatic carbocycles. The molecule has 8 heteroatoms.